The fraction of sp³-hybridized carbons (Fsp3) is 0.276. The number of nitrogens with one attached hydrogen (secondary N) is 2. The zero-order valence-corrected chi connectivity index (χ0v) is 23.0. The molecule has 2 aliphatic heterocycles. The monoisotopic (exact) mass is 545 g/mol. The van der Waals surface area contributed by atoms with Gasteiger partial charge >= 0.3 is 5.97 Å². The van der Waals surface area contributed by atoms with Crippen molar-refractivity contribution in [3.05, 3.63) is 76.0 Å². The lowest BCUT2D eigenvalue weighted by Gasteiger charge is -2.32. The predicted octanol–water partition coefficient (Wildman–Crippen LogP) is 3.68. The minimum absolute atomic E-state index is 0.0481. The van der Waals surface area contributed by atoms with Crippen LogP contribution in [0.1, 0.15) is 21.5 Å². The topological polar surface area (TPSA) is 94.2 Å². The molecule has 0 atom stereocenters. The van der Waals surface area contributed by atoms with E-state index in [4.69, 9.17) is 4.74 Å². The third kappa shape index (κ3) is 5.73. The smallest absolute Gasteiger partial charge is 0.337 e. The Balaban J connectivity index is 1.38. The standard InChI is InChI=1S/C29H31N5O4S/c1-32-11-13-34(14-12-32)17-25(35)33(2)22-7-5-21(6-8-22)30-27(20-10-15-39-18-20)26-23-9-4-19(29(37)38-3)16-24(23)31-28(26)36/h4-10,15-16,18,30H,11-14,17H2,1-3H3,(H,31,36). The molecule has 10 heteroatoms. The summed E-state index contributed by atoms with van der Waals surface area (Å²) in [5.41, 5.74) is 5.22. The van der Waals surface area contributed by atoms with Crippen LogP contribution in [0.15, 0.2) is 59.3 Å². The van der Waals surface area contributed by atoms with E-state index in [-0.39, 0.29) is 11.8 Å². The number of anilines is 3. The Morgan fingerprint density at radius 2 is 1.79 bits per heavy atom. The Hall–Kier alpha value is -3.99. The summed E-state index contributed by atoms with van der Waals surface area (Å²) in [6, 6.07) is 14.6. The van der Waals surface area contributed by atoms with Crippen molar-refractivity contribution in [2.24, 2.45) is 0 Å². The first kappa shape index (κ1) is 26.6. The number of carbonyl (C=O) groups is 3. The summed E-state index contributed by atoms with van der Waals surface area (Å²) >= 11 is 1.54. The summed E-state index contributed by atoms with van der Waals surface area (Å²) in [6.07, 6.45) is 0. The van der Waals surface area contributed by atoms with Crippen LogP contribution in [0.4, 0.5) is 17.1 Å². The molecule has 1 aromatic heterocycles. The average Bonchev–Trinajstić information content (AvgIpc) is 3.60. The number of fused-ring (bicyclic) bond motifs is 1. The number of ether oxygens (including phenoxy) is 1. The van der Waals surface area contributed by atoms with Gasteiger partial charge in [0.15, 0.2) is 0 Å². The third-order valence-corrected chi connectivity index (χ3v) is 7.78. The summed E-state index contributed by atoms with van der Waals surface area (Å²) in [5, 5.41) is 10.2. The fourth-order valence-corrected chi connectivity index (χ4v) is 5.36. The van der Waals surface area contributed by atoms with E-state index in [0.29, 0.717) is 34.6 Å². The molecule has 3 heterocycles. The van der Waals surface area contributed by atoms with Crippen LogP contribution in [0.5, 0.6) is 0 Å². The van der Waals surface area contributed by atoms with Crippen molar-refractivity contribution in [3.8, 4) is 0 Å². The van der Waals surface area contributed by atoms with Crippen molar-refractivity contribution in [3.63, 3.8) is 0 Å². The van der Waals surface area contributed by atoms with Crippen molar-refractivity contribution >= 4 is 57.5 Å². The van der Waals surface area contributed by atoms with Crippen molar-refractivity contribution in [2.75, 3.05) is 69.5 Å². The molecule has 2 aliphatic rings. The number of esters is 1. The van der Waals surface area contributed by atoms with Gasteiger partial charge in [-0.1, -0.05) is 6.07 Å². The largest absolute Gasteiger partial charge is 0.465 e. The van der Waals surface area contributed by atoms with Crippen LogP contribution in [0.25, 0.3) is 11.3 Å². The van der Waals surface area contributed by atoms with E-state index < -0.39 is 5.97 Å². The second kappa shape index (κ2) is 11.4. The maximum atomic E-state index is 13.1. The second-order valence-corrected chi connectivity index (χ2v) is 10.5. The number of carbonyl (C=O) groups excluding carboxylic acids is 3. The molecule has 2 N–H and O–H groups in total. The number of nitrogens with zero attached hydrogens (tertiary/aromatic N) is 3. The molecule has 0 spiro atoms. The molecule has 0 saturated carbocycles. The van der Waals surface area contributed by atoms with Crippen LogP contribution < -0.4 is 15.5 Å². The number of piperazine rings is 1. The van der Waals surface area contributed by atoms with Gasteiger partial charge in [-0.05, 0) is 54.9 Å². The second-order valence-electron chi connectivity index (χ2n) is 9.67. The van der Waals surface area contributed by atoms with Crippen LogP contribution in [-0.4, -0.2) is 81.5 Å². The summed E-state index contributed by atoms with van der Waals surface area (Å²) in [4.78, 5) is 44.2. The van der Waals surface area contributed by atoms with Crippen LogP contribution in [0.3, 0.4) is 0 Å². The van der Waals surface area contributed by atoms with Crippen molar-refractivity contribution < 1.29 is 19.1 Å². The number of rotatable bonds is 7. The van der Waals surface area contributed by atoms with E-state index >= 15 is 0 Å². The number of amides is 2. The molecule has 0 bridgehead atoms. The Bertz CT molecular complexity index is 1410. The highest BCUT2D eigenvalue weighted by Gasteiger charge is 2.29. The molecule has 5 rings (SSSR count). The average molecular weight is 546 g/mol. The normalized spacial score (nSPS) is 16.8. The summed E-state index contributed by atoms with van der Waals surface area (Å²) < 4.78 is 4.81. The van der Waals surface area contributed by atoms with E-state index in [1.54, 1.807) is 30.1 Å². The zero-order chi connectivity index (χ0) is 27.5. The van der Waals surface area contributed by atoms with Crippen molar-refractivity contribution in [1.29, 1.82) is 0 Å². The van der Waals surface area contributed by atoms with Gasteiger partial charge in [0.25, 0.3) is 5.91 Å². The van der Waals surface area contributed by atoms with Crippen molar-refractivity contribution in [1.82, 2.24) is 9.80 Å². The van der Waals surface area contributed by atoms with Gasteiger partial charge in [0.1, 0.15) is 0 Å². The third-order valence-electron chi connectivity index (χ3n) is 7.10. The van der Waals surface area contributed by atoms with Gasteiger partial charge in [0, 0.05) is 61.1 Å². The molecule has 0 unspecified atom stereocenters. The van der Waals surface area contributed by atoms with E-state index in [1.807, 2.05) is 41.1 Å². The zero-order valence-electron chi connectivity index (χ0n) is 22.2. The number of hydrogen-bond acceptors (Lipinski definition) is 8. The quantitative estimate of drug-likeness (QED) is 0.346. The van der Waals surface area contributed by atoms with Gasteiger partial charge in [-0.3, -0.25) is 14.5 Å². The Labute approximate surface area is 231 Å². The van der Waals surface area contributed by atoms with E-state index in [0.717, 1.165) is 43.1 Å². The first-order chi connectivity index (χ1) is 18.8. The first-order valence-electron chi connectivity index (χ1n) is 12.7. The molecule has 39 heavy (non-hydrogen) atoms. The number of likely N-dealkylation sites (N-methyl/N-ethyl adjacent to an activating group) is 2. The van der Waals surface area contributed by atoms with Crippen molar-refractivity contribution in [2.45, 2.75) is 0 Å². The lowest BCUT2D eigenvalue weighted by atomic mass is 10.00. The number of hydrogen-bond donors (Lipinski definition) is 2. The molecule has 2 aromatic carbocycles. The number of methoxy groups -OCH3 is 1. The Morgan fingerprint density at radius 3 is 2.46 bits per heavy atom. The molecule has 1 fully saturated rings. The minimum atomic E-state index is -0.465. The van der Waals surface area contributed by atoms with Crippen LogP contribution in [0, 0.1) is 0 Å². The van der Waals surface area contributed by atoms with Crippen LogP contribution in [0.2, 0.25) is 0 Å². The van der Waals surface area contributed by atoms with Gasteiger partial charge in [0.05, 0.1) is 36.2 Å². The lowest BCUT2D eigenvalue weighted by Crippen LogP contribution is -2.48. The molecular formula is C29H31N5O4S. The highest BCUT2D eigenvalue weighted by atomic mass is 32.1. The maximum Gasteiger partial charge on any atom is 0.337 e. The first-order valence-corrected chi connectivity index (χ1v) is 13.6. The van der Waals surface area contributed by atoms with Gasteiger partial charge in [-0.25, -0.2) is 4.79 Å². The highest BCUT2D eigenvalue weighted by Crippen LogP contribution is 2.38. The summed E-state index contributed by atoms with van der Waals surface area (Å²) in [5.74, 6) is -0.675. The highest BCUT2D eigenvalue weighted by molar-refractivity contribution is 7.08. The summed E-state index contributed by atoms with van der Waals surface area (Å²) in [6.45, 7) is 4.10. The fourth-order valence-electron chi connectivity index (χ4n) is 4.71. The Morgan fingerprint density at radius 1 is 1.05 bits per heavy atom. The number of benzene rings is 2. The Kier molecular flexibility index (Phi) is 7.78. The van der Waals surface area contributed by atoms with E-state index in [2.05, 4.69) is 27.5 Å². The summed E-state index contributed by atoms with van der Waals surface area (Å²) in [7, 11) is 5.21. The minimum Gasteiger partial charge on any atom is -0.465 e. The van der Waals surface area contributed by atoms with Gasteiger partial charge in [-0.2, -0.15) is 11.3 Å². The molecule has 9 nitrogen and oxygen atoms in total. The van der Waals surface area contributed by atoms with E-state index in [9.17, 15) is 14.4 Å². The van der Waals surface area contributed by atoms with Crippen LogP contribution >= 0.6 is 11.3 Å². The molecule has 3 aromatic rings. The molecule has 1 saturated heterocycles. The van der Waals surface area contributed by atoms with Gasteiger partial charge in [0.2, 0.25) is 5.91 Å². The van der Waals surface area contributed by atoms with Gasteiger partial charge < -0.3 is 25.2 Å². The molecular weight excluding hydrogens is 514 g/mol. The molecule has 0 radical (unpaired) electrons. The SMILES string of the molecule is COC(=O)c1ccc2c(c1)NC(=O)C2=C(Nc1ccc(N(C)C(=O)CN2CCN(C)CC2)cc1)c1ccsc1. The molecule has 0 aliphatic carbocycles. The van der Waals surface area contributed by atoms with Crippen LogP contribution in [-0.2, 0) is 14.3 Å². The lowest BCUT2D eigenvalue weighted by molar-refractivity contribution is -0.119. The molecule has 2 amide bonds. The van der Waals surface area contributed by atoms with E-state index in [1.165, 1.54) is 18.4 Å². The van der Waals surface area contributed by atoms with Gasteiger partial charge in [-0.15, -0.1) is 0 Å². The predicted molar refractivity (Wildman–Crippen MR) is 155 cm³/mol. The molecule has 202 valence electrons. The maximum absolute atomic E-state index is 13.1. The number of thiophene rings is 1.